The molecule has 1 saturated carbocycles. The SMILES string of the molecule is C=C(/C=C(\C)CCCC)OCC1CC1. The summed E-state index contributed by atoms with van der Waals surface area (Å²) in [5.74, 6) is 1.65. The zero-order valence-corrected chi connectivity index (χ0v) is 9.51. The first-order valence-corrected chi connectivity index (χ1v) is 5.71. The van der Waals surface area contributed by atoms with E-state index in [1.807, 2.05) is 0 Å². The molecule has 14 heavy (non-hydrogen) atoms. The van der Waals surface area contributed by atoms with Gasteiger partial charge in [-0.05, 0) is 44.6 Å². The van der Waals surface area contributed by atoms with Crippen molar-refractivity contribution in [2.24, 2.45) is 5.92 Å². The van der Waals surface area contributed by atoms with Crippen LogP contribution in [0.25, 0.3) is 0 Å². The quantitative estimate of drug-likeness (QED) is 0.438. The van der Waals surface area contributed by atoms with Gasteiger partial charge >= 0.3 is 0 Å². The summed E-state index contributed by atoms with van der Waals surface area (Å²) < 4.78 is 5.55. The van der Waals surface area contributed by atoms with Crippen LogP contribution < -0.4 is 0 Å². The molecule has 1 rings (SSSR count). The second-order valence-electron chi connectivity index (χ2n) is 4.31. The Bertz CT molecular complexity index is 211. The van der Waals surface area contributed by atoms with Gasteiger partial charge in [-0.2, -0.15) is 0 Å². The van der Waals surface area contributed by atoms with Crippen molar-refractivity contribution in [3.63, 3.8) is 0 Å². The summed E-state index contributed by atoms with van der Waals surface area (Å²) in [6, 6.07) is 0. The summed E-state index contributed by atoms with van der Waals surface area (Å²) in [5.41, 5.74) is 1.38. The van der Waals surface area contributed by atoms with Gasteiger partial charge < -0.3 is 4.74 Å². The summed E-state index contributed by atoms with van der Waals surface area (Å²) in [6.07, 6.45) is 8.44. The van der Waals surface area contributed by atoms with Crippen LogP contribution in [0.2, 0.25) is 0 Å². The van der Waals surface area contributed by atoms with Gasteiger partial charge in [0.05, 0.1) is 6.61 Å². The van der Waals surface area contributed by atoms with Gasteiger partial charge in [-0.25, -0.2) is 0 Å². The Hall–Kier alpha value is -0.720. The van der Waals surface area contributed by atoms with E-state index in [0.717, 1.165) is 18.3 Å². The molecular weight excluding hydrogens is 172 g/mol. The molecule has 0 aliphatic heterocycles. The predicted octanol–water partition coefficient (Wildman–Crippen LogP) is 4.06. The Balaban J connectivity index is 2.14. The Kier molecular flexibility index (Phi) is 4.78. The second kappa shape index (κ2) is 5.90. The highest BCUT2D eigenvalue weighted by Crippen LogP contribution is 2.29. The third-order valence-corrected chi connectivity index (χ3v) is 2.53. The van der Waals surface area contributed by atoms with E-state index in [1.165, 1.54) is 37.7 Å². The number of hydrogen-bond donors (Lipinski definition) is 0. The van der Waals surface area contributed by atoms with E-state index in [2.05, 4.69) is 26.5 Å². The zero-order chi connectivity index (χ0) is 10.4. The normalized spacial score (nSPS) is 16.9. The maximum absolute atomic E-state index is 5.55. The molecule has 0 unspecified atom stereocenters. The lowest BCUT2D eigenvalue weighted by atomic mass is 10.1. The molecule has 0 aromatic carbocycles. The van der Waals surface area contributed by atoms with Gasteiger partial charge in [-0.15, -0.1) is 0 Å². The Morgan fingerprint density at radius 3 is 2.79 bits per heavy atom. The summed E-state index contributed by atoms with van der Waals surface area (Å²) in [4.78, 5) is 0. The third kappa shape index (κ3) is 5.11. The van der Waals surface area contributed by atoms with Crippen molar-refractivity contribution in [1.29, 1.82) is 0 Å². The van der Waals surface area contributed by atoms with Crippen LogP contribution in [0.15, 0.2) is 24.0 Å². The highest BCUT2D eigenvalue weighted by atomic mass is 16.5. The molecule has 0 bridgehead atoms. The monoisotopic (exact) mass is 194 g/mol. The lowest BCUT2D eigenvalue weighted by Crippen LogP contribution is -1.94. The van der Waals surface area contributed by atoms with Crippen LogP contribution in [0.5, 0.6) is 0 Å². The van der Waals surface area contributed by atoms with Gasteiger partial charge in [0.25, 0.3) is 0 Å². The summed E-state index contributed by atoms with van der Waals surface area (Å²) >= 11 is 0. The predicted molar refractivity (Wildman–Crippen MR) is 61.1 cm³/mol. The first-order chi connectivity index (χ1) is 6.72. The van der Waals surface area contributed by atoms with E-state index in [4.69, 9.17) is 4.74 Å². The maximum atomic E-state index is 5.55. The minimum Gasteiger partial charge on any atom is -0.494 e. The highest BCUT2D eigenvalue weighted by Gasteiger charge is 2.21. The van der Waals surface area contributed by atoms with Crippen LogP contribution in [-0.2, 0) is 4.74 Å². The smallest absolute Gasteiger partial charge is 0.112 e. The van der Waals surface area contributed by atoms with Crippen molar-refractivity contribution >= 4 is 0 Å². The van der Waals surface area contributed by atoms with Gasteiger partial charge in [0.15, 0.2) is 0 Å². The first-order valence-electron chi connectivity index (χ1n) is 5.71. The van der Waals surface area contributed by atoms with E-state index in [9.17, 15) is 0 Å². The maximum Gasteiger partial charge on any atom is 0.112 e. The van der Waals surface area contributed by atoms with E-state index in [1.54, 1.807) is 0 Å². The average Bonchev–Trinajstić information content (AvgIpc) is 2.95. The molecular formula is C13H22O. The molecule has 0 N–H and O–H groups in total. The van der Waals surface area contributed by atoms with Gasteiger partial charge in [-0.1, -0.05) is 25.5 Å². The van der Waals surface area contributed by atoms with Crippen LogP contribution in [0.4, 0.5) is 0 Å². The van der Waals surface area contributed by atoms with Gasteiger partial charge in [0, 0.05) is 0 Å². The molecule has 0 atom stereocenters. The zero-order valence-electron chi connectivity index (χ0n) is 9.51. The minimum atomic E-state index is 0.816. The average molecular weight is 194 g/mol. The summed E-state index contributed by atoms with van der Waals surface area (Å²) in [7, 11) is 0. The van der Waals surface area contributed by atoms with Gasteiger partial charge in [0.2, 0.25) is 0 Å². The van der Waals surface area contributed by atoms with Crippen LogP contribution in [0.3, 0.4) is 0 Å². The number of ether oxygens (including phenoxy) is 1. The highest BCUT2D eigenvalue weighted by molar-refractivity contribution is 5.14. The lowest BCUT2D eigenvalue weighted by Gasteiger charge is -2.05. The number of rotatable bonds is 7. The van der Waals surface area contributed by atoms with Crippen LogP contribution in [0, 0.1) is 5.92 Å². The number of hydrogen-bond acceptors (Lipinski definition) is 1. The molecule has 1 heteroatoms. The Labute approximate surface area is 87.8 Å². The molecule has 0 aromatic heterocycles. The Morgan fingerprint density at radius 1 is 1.50 bits per heavy atom. The fourth-order valence-corrected chi connectivity index (χ4v) is 1.35. The van der Waals surface area contributed by atoms with Crippen molar-refractivity contribution in [2.75, 3.05) is 6.61 Å². The molecule has 0 heterocycles. The Morgan fingerprint density at radius 2 is 2.21 bits per heavy atom. The van der Waals surface area contributed by atoms with Gasteiger partial charge in [0.1, 0.15) is 5.76 Å². The van der Waals surface area contributed by atoms with E-state index in [-0.39, 0.29) is 0 Å². The van der Waals surface area contributed by atoms with E-state index in [0.29, 0.717) is 0 Å². The molecule has 80 valence electrons. The minimum absolute atomic E-state index is 0.816. The van der Waals surface area contributed by atoms with E-state index < -0.39 is 0 Å². The van der Waals surface area contributed by atoms with Crippen molar-refractivity contribution in [1.82, 2.24) is 0 Å². The fourth-order valence-electron chi connectivity index (χ4n) is 1.35. The fraction of sp³-hybridized carbons (Fsp3) is 0.692. The van der Waals surface area contributed by atoms with Crippen molar-refractivity contribution in [2.45, 2.75) is 46.0 Å². The van der Waals surface area contributed by atoms with Crippen molar-refractivity contribution in [3.05, 3.63) is 24.0 Å². The molecule has 0 amide bonds. The summed E-state index contributed by atoms with van der Waals surface area (Å²) in [5, 5.41) is 0. The number of allylic oxidation sites excluding steroid dienone is 2. The first kappa shape index (κ1) is 11.4. The molecule has 0 saturated heterocycles. The molecule has 0 aromatic rings. The van der Waals surface area contributed by atoms with Crippen LogP contribution in [-0.4, -0.2) is 6.61 Å². The standard InChI is InChI=1S/C13H22O/c1-4-5-6-11(2)9-12(3)14-10-13-7-8-13/h9,13H,3-8,10H2,1-2H3/b11-9+. The van der Waals surface area contributed by atoms with Crippen LogP contribution >= 0.6 is 0 Å². The molecule has 1 aliphatic carbocycles. The molecule has 0 spiro atoms. The van der Waals surface area contributed by atoms with Crippen LogP contribution in [0.1, 0.15) is 46.0 Å². The van der Waals surface area contributed by atoms with Gasteiger partial charge in [-0.3, -0.25) is 0 Å². The third-order valence-electron chi connectivity index (χ3n) is 2.53. The molecule has 1 aliphatic rings. The van der Waals surface area contributed by atoms with Crippen molar-refractivity contribution < 1.29 is 4.74 Å². The lowest BCUT2D eigenvalue weighted by molar-refractivity contribution is 0.212. The number of unbranched alkanes of at least 4 members (excludes halogenated alkanes) is 1. The second-order valence-corrected chi connectivity index (χ2v) is 4.31. The van der Waals surface area contributed by atoms with Crippen molar-refractivity contribution in [3.8, 4) is 0 Å². The molecule has 0 radical (unpaired) electrons. The largest absolute Gasteiger partial charge is 0.494 e. The molecule has 1 fully saturated rings. The topological polar surface area (TPSA) is 9.23 Å². The van der Waals surface area contributed by atoms with E-state index >= 15 is 0 Å². The summed E-state index contributed by atoms with van der Waals surface area (Å²) in [6.45, 7) is 9.14. The molecule has 1 nitrogen and oxygen atoms in total.